The van der Waals surface area contributed by atoms with E-state index in [2.05, 4.69) is 30.8 Å². The fourth-order valence-electron chi connectivity index (χ4n) is 4.27. The molecule has 1 atom stereocenters. The number of ether oxygens (including phenoxy) is 2. The van der Waals surface area contributed by atoms with E-state index in [-0.39, 0.29) is 11.6 Å². The van der Waals surface area contributed by atoms with Gasteiger partial charge in [-0.1, -0.05) is 6.07 Å². The van der Waals surface area contributed by atoms with Crippen LogP contribution >= 0.6 is 0 Å². The number of H-pyrrole nitrogens is 1. The van der Waals surface area contributed by atoms with Crippen LogP contribution in [0.4, 0.5) is 0 Å². The lowest BCUT2D eigenvalue weighted by Gasteiger charge is -2.20. The van der Waals surface area contributed by atoms with Crippen LogP contribution in [0.25, 0.3) is 10.9 Å². The van der Waals surface area contributed by atoms with E-state index in [0.29, 0.717) is 61.1 Å². The summed E-state index contributed by atoms with van der Waals surface area (Å²) in [6, 6.07) is 13.0. The summed E-state index contributed by atoms with van der Waals surface area (Å²) >= 11 is 0. The van der Waals surface area contributed by atoms with Crippen LogP contribution in [0, 0.1) is 0 Å². The summed E-state index contributed by atoms with van der Waals surface area (Å²) < 4.78 is 18.5. The molecule has 5 heterocycles. The number of benzene rings is 1. The fourth-order valence-corrected chi connectivity index (χ4v) is 4.27. The van der Waals surface area contributed by atoms with Crippen molar-refractivity contribution >= 4 is 10.9 Å². The van der Waals surface area contributed by atoms with Gasteiger partial charge in [-0.05, 0) is 46.3 Å². The summed E-state index contributed by atoms with van der Waals surface area (Å²) in [5.41, 5.74) is 2.10. The van der Waals surface area contributed by atoms with Gasteiger partial charge in [0, 0.05) is 48.4 Å². The first-order chi connectivity index (χ1) is 17.7. The van der Waals surface area contributed by atoms with Gasteiger partial charge in [0.1, 0.15) is 25.5 Å². The van der Waals surface area contributed by atoms with Crippen molar-refractivity contribution in [3.8, 4) is 11.5 Å². The van der Waals surface area contributed by atoms with Gasteiger partial charge < -0.3 is 24.2 Å². The van der Waals surface area contributed by atoms with Crippen LogP contribution in [0.2, 0.25) is 0 Å². The van der Waals surface area contributed by atoms with Crippen molar-refractivity contribution in [3.63, 3.8) is 0 Å². The summed E-state index contributed by atoms with van der Waals surface area (Å²) in [5.74, 6) is 2.76. The number of hydrogen-bond acceptors (Lipinski definition) is 9. The first kappa shape index (κ1) is 22.0. The molecule has 4 aromatic heterocycles. The highest BCUT2D eigenvalue weighted by Gasteiger charge is 2.19. The minimum atomic E-state index is -0.185. The van der Waals surface area contributed by atoms with E-state index >= 15 is 0 Å². The van der Waals surface area contributed by atoms with E-state index in [1.165, 1.54) is 0 Å². The quantitative estimate of drug-likeness (QED) is 0.340. The van der Waals surface area contributed by atoms with Gasteiger partial charge in [0.2, 0.25) is 0 Å². The molecule has 0 saturated carbocycles. The lowest BCUT2D eigenvalue weighted by Crippen LogP contribution is -2.27. The van der Waals surface area contributed by atoms with Crippen molar-refractivity contribution in [1.29, 1.82) is 0 Å². The van der Waals surface area contributed by atoms with Crippen molar-refractivity contribution in [2.45, 2.75) is 25.6 Å². The van der Waals surface area contributed by atoms with Crippen LogP contribution in [-0.4, -0.2) is 43.4 Å². The number of rotatable bonds is 8. The Kier molecular flexibility index (Phi) is 5.88. The number of nitrogens with zero attached hydrogens (tertiary/aromatic N) is 5. The standard InChI is InChI=1S/C25H23N7O4/c33-25-18(9-17-10-22-23(11-21(17)28-25)36-8-7-35-22)14-27-20(16-3-1-5-26-13-16)12-24-29-30-31-32(24)15-19-4-2-6-34-19/h1-6,9-11,13,20,27H,7-8,12,14-15H2,(H,28,33). The molecule has 0 aliphatic carbocycles. The predicted molar refractivity (Wildman–Crippen MR) is 129 cm³/mol. The number of fused-ring (bicyclic) bond motifs is 2. The third-order valence-corrected chi connectivity index (χ3v) is 6.09. The maximum absolute atomic E-state index is 12.9. The third-order valence-electron chi connectivity index (χ3n) is 6.09. The number of furan rings is 1. The zero-order chi connectivity index (χ0) is 24.3. The molecule has 0 radical (unpaired) electrons. The second-order valence-electron chi connectivity index (χ2n) is 8.46. The van der Waals surface area contributed by atoms with Gasteiger partial charge in [0.25, 0.3) is 5.56 Å². The van der Waals surface area contributed by atoms with Gasteiger partial charge in [-0.2, -0.15) is 0 Å². The molecule has 1 aliphatic rings. The summed E-state index contributed by atoms with van der Waals surface area (Å²) in [5, 5.41) is 16.6. The van der Waals surface area contributed by atoms with E-state index < -0.39 is 0 Å². The molecule has 1 unspecified atom stereocenters. The number of aromatic amines is 1. The molecule has 36 heavy (non-hydrogen) atoms. The SMILES string of the molecule is O=c1[nH]c2cc3c(cc2cc1CNC(Cc1nnnn1Cc1ccco1)c1cccnc1)OCCO3. The Morgan fingerprint density at radius 1 is 1.11 bits per heavy atom. The Bertz CT molecular complexity index is 1530. The normalized spacial score (nSPS) is 13.7. The van der Waals surface area contributed by atoms with E-state index in [1.54, 1.807) is 29.4 Å². The molecule has 182 valence electrons. The predicted octanol–water partition coefficient (Wildman–Crippen LogP) is 2.40. The largest absolute Gasteiger partial charge is 0.486 e. The Hall–Kier alpha value is -4.51. The summed E-state index contributed by atoms with van der Waals surface area (Å²) in [7, 11) is 0. The first-order valence-corrected chi connectivity index (χ1v) is 11.6. The van der Waals surface area contributed by atoms with Crippen LogP contribution < -0.4 is 20.3 Å². The number of tetrazole rings is 1. The molecule has 11 heteroatoms. The Balaban J connectivity index is 1.25. The Morgan fingerprint density at radius 2 is 2.00 bits per heavy atom. The van der Waals surface area contributed by atoms with Gasteiger partial charge >= 0.3 is 0 Å². The highest BCUT2D eigenvalue weighted by atomic mass is 16.6. The third kappa shape index (κ3) is 4.56. The van der Waals surface area contributed by atoms with E-state index in [9.17, 15) is 4.79 Å². The zero-order valence-electron chi connectivity index (χ0n) is 19.3. The van der Waals surface area contributed by atoms with Crippen LogP contribution in [0.15, 0.2) is 70.3 Å². The van der Waals surface area contributed by atoms with E-state index in [4.69, 9.17) is 13.9 Å². The zero-order valence-corrected chi connectivity index (χ0v) is 19.3. The molecule has 1 aromatic carbocycles. The Morgan fingerprint density at radius 3 is 2.81 bits per heavy atom. The van der Waals surface area contributed by atoms with Gasteiger partial charge in [0.05, 0.1) is 11.8 Å². The summed E-state index contributed by atoms with van der Waals surface area (Å²) in [4.78, 5) is 20.1. The molecule has 0 amide bonds. The lowest BCUT2D eigenvalue weighted by atomic mass is 10.0. The summed E-state index contributed by atoms with van der Waals surface area (Å²) in [6.07, 6.45) is 5.63. The van der Waals surface area contributed by atoms with Crippen LogP contribution in [0.5, 0.6) is 11.5 Å². The monoisotopic (exact) mass is 485 g/mol. The average Bonchev–Trinajstić information content (AvgIpc) is 3.58. The topological polar surface area (TPSA) is 133 Å². The van der Waals surface area contributed by atoms with E-state index in [0.717, 1.165) is 16.7 Å². The van der Waals surface area contributed by atoms with E-state index in [1.807, 2.05) is 36.4 Å². The van der Waals surface area contributed by atoms with Crippen LogP contribution in [-0.2, 0) is 19.5 Å². The van der Waals surface area contributed by atoms with Gasteiger partial charge in [-0.15, -0.1) is 5.10 Å². The number of hydrogen-bond donors (Lipinski definition) is 2. The minimum absolute atomic E-state index is 0.167. The lowest BCUT2D eigenvalue weighted by molar-refractivity contribution is 0.172. The maximum Gasteiger partial charge on any atom is 0.252 e. The van der Waals surface area contributed by atoms with Crippen molar-refractivity contribution in [2.75, 3.05) is 13.2 Å². The molecule has 0 fully saturated rings. The maximum atomic E-state index is 12.9. The number of pyridine rings is 2. The van der Waals surface area contributed by atoms with Crippen molar-refractivity contribution < 1.29 is 13.9 Å². The first-order valence-electron chi connectivity index (χ1n) is 11.6. The molecule has 0 spiro atoms. The van der Waals surface area contributed by atoms with Crippen molar-refractivity contribution in [1.82, 2.24) is 35.5 Å². The van der Waals surface area contributed by atoms with Crippen molar-refractivity contribution in [3.05, 3.63) is 94.2 Å². The van der Waals surface area contributed by atoms with Crippen LogP contribution in [0.1, 0.15) is 28.8 Å². The molecular formula is C25H23N7O4. The highest BCUT2D eigenvalue weighted by molar-refractivity contribution is 5.83. The minimum Gasteiger partial charge on any atom is -0.486 e. The molecular weight excluding hydrogens is 462 g/mol. The second-order valence-corrected chi connectivity index (χ2v) is 8.46. The van der Waals surface area contributed by atoms with Gasteiger partial charge in [-0.25, -0.2) is 4.68 Å². The average molecular weight is 486 g/mol. The molecule has 5 aromatic rings. The molecule has 2 N–H and O–H groups in total. The smallest absolute Gasteiger partial charge is 0.252 e. The van der Waals surface area contributed by atoms with Gasteiger partial charge in [0.15, 0.2) is 17.3 Å². The number of nitrogens with one attached hydrogen (secondary N) is 2. The fraction of sp³-hybridized carbons (Fsp3) is 0.240. The molecule has 0 saturated heterocycles. The molecule has 0 bridgehead atoms. The van der Waals surface area contributed by atoms with Crippen molar-refractivity contribution in [2.24, 2.45) is 0 Å². The highest BCUT2D eigenvalue weighted by Crippen LogP contribution is 2.33. The second kappa shape index (κ2) is 9.62. The summed E-state index contributed by atoms with van der Waals surface area (Å²) in [6.45, 7) is 1.75. The Labute approximate surface area is 205 Å². The van der Waals surface area contributed by atoms with Crippen LogP contribution in [0.3, 0.4) is 0 Å². The number of aromatic nitrogens is 6. The molecule has 6 rings (SSSR count). The van der Waals surface area contributed by atoms with Gasteiger partial charge in [-0.3, -0.25) is 9.78 Å². The molecule has 11 nitrogen and oxygen atoms in total. The molecule has 1 aliphatic heterocycles.